The van der Waals surface area contributed by atoms with Crippen molar-refractivity contribution in [1.82, 2.24) is 5.32 Å². The van der Waals surface area contributed by atoms with E-state index in [9.17, 15) is 0 Å². The summed E-state index contributed by atoms with van der Waals surface area (Å²) in [5, 5.41) is 12.8. The van der Waals surface area contributed by atoms with Crippen LogP contribution in [0.1, 0.15) is 45.4 Å². The molecule has 2 heterocycles. The molecule has 1 spiro atoms. The van der Waals surface area contributed by atoms with Crippen LogP contribution in [-0.4, -0.2) is 48.0 Å². The van der Waals surface area contributed by atoms with Gasteiger partial charge in [-0.15, -0.1) is 0 Å². The van der Waals surface area contributed by atoms with E-state index in [1.54, 1.807) is 0 Å². The molecule has 0 aromatic heterocycles. The molecule has 2 aliphatic heterocycles. The van der Waals surface area contributed by atoms with Crippen LogP contribution < -0.4 is 5.32 Å². The molecule has 0 amide bonds. The van der Waals surface area contributed by atoms with Gasteiger partial charge in [0, 0.05) is 19.3 Å². The number of aliphatic hydroxyl groups excluding tert-OH is 1. The Morgan fingerprint density at radius 1 is 1.42 bits per heavy atom. The molecule has 4 heteroatoms. The minimum Gasteiger partial charge on any atom is -0.396 e. The van der Waals surface area contributed by atoms with Gasteiger partial charge >= 0.3 is 0 Å². The summed E-state index contributed by atoms with van der Waals surface area (Å²) < 4.78 is 6.12. The lowest BCUT2D eigenvalue weighted by Crippen LogP contribution is -2.49. The first-order chi connectivity index (χ1) is 9.28. The molecule has 2 N–H and O–H groups in total. The highest BCUT2D eigenvalue weighted by atomic mass is 32.2. The molecule has 2 saturated heterocycles. The van der Waals surface area contributed by atoms with Crippen molar-refractivity contribution in [3.63, 3.8) is 0 Å². The molecular formula is C15H29NO2S. The first-order valence-corrected chi connectivity index (χ1v) is 8.99. The Morgan fingerprint density at radius 2 is 2.21 bits per heavy atom. The van der Waals surface area contributed by atoms with Gasteiger partial charge in [-0.05, 0) is 56.1 Å². The molecule has 3 nitrogen and oxygen atoms in total. The highest BCUT2D eigenvalue weighted by molar-refractivity contribution is 7.99. The van der Waals surface area contributed by atoms with E-state index in [0.717, 1.165) is 32.4 Å². The van der Waals surface area contributed by atoms with Crippen LogP contribution in [0.5, 0.6) is 0 Å². The average Bonchev–Trinajstić information content (AvgIpc) is 2.44. The molecular weight excluding hydrogens is 258 g/mol. The molecule has 0 bridgehead atoms. The van der Waals surface area contributed by atoms with Crippen LogP contribution in [0.25, 0.3) is 0 Å². The topological polar surface area (TPSA) is 41.5 Å². The fourth-order valence-corrected chi connectivity index (χ4v) is 4.50. The van der Waals surface area contributed by atoms with Crippen LogP contribution in [0.15, 0.2) is 0 Å². The van der Waals surface area contributed by atoms with Gasteiger partial charge in [0.25, 0.3) is 0 Å². The van der Waals surface area contributed by atoms with Crippen molar-refractivity contribution in [2.75, 3.05) is 31.3 Å². The van der Waals surface area contributed by atoms with Crippen molar-refractivity contribution in [2.45, 2.75) is 57.1 Å². The monoisotopic (exact) mass is 287 g/mol. The van der Waals surface area contributed by atoms with Gasteiger partial charge < -0.3 is 15.2 Å². The Bertz CT molecular complexity index is 251. The predicted molar refractivity (Wildman–Crippen MR) is 81.8 cm³/mol. The SMILES string of the molecule is CCC(CCO)CNC1CCOC2(CCSCC2)C1. The zero-order chi connectivity index (χ0) is 13.6. The molecule has 0 aliphatic carbocycles. The number of hydrogen-bond donors (Lipinski definition) is 2. The zero-order valence-electron chi connectivity index (χ0n) is 12.2. The maximum absolute atomic E-state index is 9.05. The Kier molecular flexibility index (Phi) is 6.46. The molecule has 0 aromatic carbocycles. The Balaban J connectivity index is 1.77. The van der Waals surface area contributed by atoms with Gasteiger partial charge in [0.15, 0.2) is 0 Å². The smallest absolute Gasteiger partial charge is 0.0713 e. The van der Waals surface area contributed by atoms with Gasteiger partial charge in [-0.1, -0.05) is 13.3 Å². The number of thioether (sulfide) groups is 1. The largest absolute Gasteiger partial charge is 0.396 e. The van der Waals surface area contributed by atoms with Crippen LogP contribution in [0.2, 0.25) is 0 Å². The summed E-state index contributed by atoms with van der Waals surface area (Å²) >= 11 is 2.06. The average molecular weight is 287 g/mol. The van der Waals surface area contributed by atoms with Crippen LogP contribution in [0.4, 0.5) is 0 Å². The summed E-state index contributed by atoms with van der Waals surface area (Å²) in [5.41, 5.74) is 0.180. The second-order valence-corrected chi connectivity index (χ2v) is 7.25. The molecule has 19 heavy (non-hydrogen) atoms. The van der Waals surface area contributed by atoms with Crippen LogP contribution in [0.3, 0.4) is 0 Å². The summed E-state index contributed by atoms with van der Waals surface area (Å²) in [5.74, 6) is 3.13. The molecule has 112 valence electrons. The Morgan fingerprint density at radius 3 is 2.89 bits per heavy atom. The van der Waals surface area contributed by atoms with E-state index in [-0.39, 0.29) is 5.60 Å². The minimum absolute atomic E-state index is 0.180. The highest BCUT2D eigenvalue weighted by Crippen LogP contribution is 2.37. The van der Waals surface area contributed by atoms with E-state index in [0.29, 0.717) is 18.6 Å². The highest BCUT2D eigenvalue weighted by Gasteiger charge is 2.38. The molecule has 2 fully saturated rings. The number of aliphatic hydroxyl groups is 1. The van der Waals surface area contributed by atoms with Gasteiger partial charge in [-0.3, -0.25) is 0 Å². The van der Waals surface area contributed by atoms with Crippen molar-refractivity contribution in [3.8, 4) is 0 Å². The third kappa shape index (κ3) is 4.62. The molecule has 2 aliphatic rings. The maximum atomic E-state index is 9.05. The maximum Gasteiger partial charge on any atom is 0.0713 e. The van der Waals surface area contributed by atoms with E-state index >= 15 is 0 Å². The summed E-state index contributed by atoms with van der Waals surface area (Å²) in [7, 11) is 0. The lowest BCUT2D eigenvalue weighted by atomic mass is 9.85. The quantitative estimate of drug-likeness (QED) is 0.787. The molecule has 0 radical (unpaired) electrons. The van der Waals surface area contributed by atoms with Crippen molar-refractivity contribution in [3.05, 3.63) is 0 Å². The van der Waals surface area contributed by atoms with E-state index in [2.05, 4.69) is 24.0 Å². The summed E-state index contributed by atoms with van der Waals surface area (Å²) in [6.07, 6.45) is 6.86. The van der Waals surface area contributed by atoms with Gasteiger partial charge in [-0.2, -0.15) is 11.8 Å². The van der Waals surface area contributed by atoms with Gasteiger partial charge in [0.05, 0.1) is 5.60 Å². The van der Waals surface area contributed by atoms with Crippen molar-refractivity contribution >= 4 is 11.8 Å². The molecule has 0 aromatic rings. The van der Waals surface area contributed by atoms with Gasteiger partial charge in [0.2, 0.25) is 0 Å². The van der Waals surface area contributed by atoms with Crippen LogP contribution in [-0.2, 0) is 4.74 Å². The first kappa shape index (κ1) is 15.6. The summed E-state index contributed by atoms with van der Waals surface area (Å²) in [6, 6.07) is 0.615. The lowest BCUT2D eigenvalue weighted by Gasteiger charge is -2.43. The lowest BCUT2D eigenvalue weighted by molar-refractivity contribution is -0.0934. The molecule has 2 rings (SSSR count). The van der Waals surface area contributed by atoms with Gasteiger partial charge in [-0.25, -0.2) is 0 Å². The number of rotatable bonds is 6. The second-order valence-electron chi connectivity index (χ2n) is 6.03. The number of hydrogen-bond acceptors (Lipinski definition) is 4. The van der Waals surface area contributed by atoms with Crippen molar-refractivity contribution in [1.29, 1.82) is 0 Å². The summed E-state index contributed by atoms with van der Waals surface area (Å²) in [4.78, 5) is 0. The normalized spacial score (nSPS) is 28.4. The van der Waals surface area contributed by atoms with E-state index in [1.165, 1.54) is 30.8 Å². The summed E-state index contributed by atoms with van der Waals surface area (Å²) in [6.45, 7) is 4.49. The number of nitrogens with one attached hydrogen (secondary N) is 1. The molecule has 2 atom stereocenters. The third-order valence-electron chi connectivity index (χ3n) is 4.71. The van der Waals surface area contributed by atoms with Crippen molar-refractivity contribution in [2.24, 2.45) is 5.92 Å². The Hall–Kier alpha value is 0.230. The fraction of sp³-hybridized carbons (Fsp3) is 1.00. The predicted octanol–water partition coefficient (Wildman–Crippen LogP) is 2.43. The van der Waals surface area contributed by atoms with E-state index in [1.807, 2.05) is 0 Å². The van der Waals surface area contributed by atoms with Crippen molar-refractivity contribution < 1.29 is 9.84 Å². The van der Waals surface area contributed by atoms with Crippen LogP contribution >= 0.6 is 11.8 Å². The van der Waals surface area contributed by atoms with Crippen LogP contribution in [0, 0.1) is 5.92 Å². The fourth-order valence-electron chi connectivity index (χ4n) is 3.26. The third-order valence-corrected chi connectivity index (χ3v) is 5.69. The van der Waals surface area contributed by atoms with E-state index in [4.69, 9.17) is 9.84 Å². The molecule has 2 unspecified atom stereocenters. The number of ether oxygens (including phenoxy) is 1. The minimum atomic E-state index is 0.180. The standard InChI is InChI=1S/C15H29NO2S/c1-2-13(3-7-17)12-16-14-4-8-18-15(11-14)5-9-19-10-6-15/h13-14,16-17H,2-12H2,1H3. The first-order valence-electron chi connectivity index (χ1n) is 7.84. The van der Waals surface area contributed by atoms with Gasteiger partial charge in [0.1, 0.15) is 0 Å². The Labute approximate surface area is 121 Å². The molecule has 0 saturated carbocycles. The zero-order valence-corrected chi connectivity index (χ0v) is 13.0. The second kappa shape index (κ2) is 7.87. The van der Waals surface area contributed by atoms with E-state index < -0.39 is 0 Å².